The van der Waals surface area contributed by atoms with Crippen LogP contribution in [0.3, 0.4) is 0 Å². The van der Waals surface area contributed by atoms with E-state index >= 15 is 0 Å². The third kappa shape index (κ3) is 12.0. The number of carbonyl (C=O) groups excluding carboxylic acids is 1. The van der Waals surface area contributed by atoms with Crippen LogP contribution < -0.4 is 36.0 Å². The summed E-state index contributed by atoms with van der Waals surface area (Å²) in [6.45, 7) is 12.5. The number of nitrogen functional groups attached to an aromatic ring is 1. The number of benzene rings is 2. The predicted octanol–water partition coefficient (Wildman–Crippen LogP) is 3.59. The number of aliphatic hydroxyl groups is 1. The maximum absolute atomic E-state index is 13.2. The van der Waals surface area contributed by atoms with E-state index < -0.39 is 69.9 Å². The number of phosphoric acid groups is 3. The number of aliphatic hydroxyl groups excluding tert-OH is 1. The summed E-state index contributed by atoms with van der Waals surface area (Å²) in [6, 6.07) is 7.60. The number of nitrogens with two attached hydrogens (primary N) is 1. The number of carbonyl (C=O) groups is 1. The van der Waals surface area contributed by atoms with Crippen molar-refractivity contribution in [3.8, 4) is 23.3 Å². The number of fused-ring (bicyclic) bond motifs is 5. The van der Waals surface area contributed by atoms with Crippen molar-refractivity contribution in [3.05, 3.63) is 76.3 Å². The van der Waals surface area contributed by atoms with Gasteiger partial charge in [-0.15, -0.1) is 0 Å². The van der Waals surface area contributed by atoms with Gasteiger partial charge in [-0.25, -0.2) is 33.2 Å². The molecule has 0 radical (unpaired) electrons. The first-order valence-electron chi connectivity index (χ1n) is 22.6. The Morgan fingerprint density at radius 2 is 1.77 bits per heavy atom. The number of nitrogens with one attached hydrogen (secondary N) is 1. The Morgan fingerprint density at radius 1 is 1.03 bits per heavy atom. The molecule has 4 aromatic rings. The van der Waals surface area contributed by atoms with Crippen LogP contribution in [-0.2, 0) is 46.5 Å². The van der Waals surface area contributed by atoms with Crippen molar-refractivity contribution in [3.63, 3.8) is 0 Å². The SMILES string of the molecule is CCN1c2cc3c(cc2C(C)=CC1(C)C)N=c1cc2c(cc1O3)=[N+](CCCC(=O)NCC#Cc1cn([C@H]3C[C@H](O)[C@@H](COP(=O)(O)OP(=O)(O)OP(=O)(O)O)O3)c3ncnc(N)c13)C(C)(C)C=C2CS(=O)(=O)O. The molecule has 4 aliphatic rings. The lowest BCUT2D eigenvalue weighted by atomic mass is 9.88. The minimum absolute atomic E-state index is 0.0481. The van der Waals surface area contributed by atoms with Crippen LogP contribution in [0.1, 0.15) is 83.7 Å². The summed E-state index contributed by atoms with van der Waals surface area (Å²) >= 11 is 0. The van der Waals surface area contributed by atoms with Crippen molar-refractivity contribution in [2.75, 3.05) is 42.6 Å². The minimum atomic E-state index is -5.77. The number of ether oxygens (including phenoxy) is 2. The molecular formula is C44H54N8O17P3S+. The molecule has 392 valence electrons. The number of amides is 1. The van der Waals surface area contributed by atoms with E-state index in [9.17, 15) is 46.4 Å². The van der Waals surface area contributed by atoms with E-state index in [1.54, 1.807) is 12.1 Å². The zero-order valence-corrected chi connectivity index (χ0v) is 43.7. The number of aromatic nitrogens is 3. The van der Waals surface area contributed by atoms with E-state index in [4.69, 9.17) is 30.0 Å². The van der Waals surface area contributed by atoms with Crippen LogP contribution in [0.25, 0.3) is 22.2 Å². The highest BCUT2D eigenvalue weighted by atomic mass is 32.2. The van der Waals surface area contributed by atoms with Crippen LogP contribution in [0.4, 0.5) is 17.2 Å². The Labute approximate surface area is 418 Å². The molecule has 73 heavy (non-hydrogen) atoms. The van der Waals surface area contributed by atoms with Crippen molar-refractivity contribution in [1.29, 1.82) is 0 Å². The zero-order chi connectivity index (χ0) is 53.2. The molecule has 8 rings (SSSR count). The molecule has 0 bridgehead atoms. The minimum Gasteiger partial charge on any atom is -0.452 e. The summed E-state index contributed by atoms with van der Waals surface area (Å²) in [6.07, 6.45) is 3.39. The van der Waals surface area contributed by atoms with E-state index in [-0.39, 0.29) is 42.3 Å². The molecule has 0 saturated carbocycles. The Morgan fingerprint density at radius 3 is 2.47 bits per heavy atom. The van der Waals surface area contributed by atoms with Crippen molar-refractivity contribution in [1.82, 2.24) is 24.4 Å². The monoisotopic (exact) mass is 1090 g/mol. The van der Waals surface area contributed by atoms with E-state index in [1.807, 2.05) is 32.0 Å². The first-order valence-corrected chi connectivity index (χ1v) is 28.7. The van der Waals surface area contributed by atoms with Gasteiger partial charge in [0, 0.05) is 63.2 Å². The zero-order valence-electron chi connectivity index (χ0n) is 40.2. The number of likely N-dealkylation sites (N-methyl/N-ethyl adjacent to an activating group) is 1. The molecule has 4 aliphatic heterocycles. The first kappa shape index (κ1) is 54.1. The van der Waals surface area contributed by atoms with Crippen molar-refractivity contribution >= 4 is 78.9 Å². The van der Waals surface area contributed by atoms with Gasteiger partial charge in [-0.2, -0.15) is 17.0 Å². The number of nitrogens with zero attached hydrogens (tertiary/aromatic N) is 6. The van der Waals surface area contributed by atoms with Crippen LogP contribution in [0.5, 0.6) is 11.5 Å². The smallest absolute Gasteiger partial charge is 0.452 e. The first-order chi connectivity index (χ1) is 33.9. The largest absolute Gasteiger partial charge is 0.490 e. The topological polar surface area (TPSA) is 357 Å². The van der Waals surface area contributed by atoms with Gasteiger partial charge in [-0.3, -0.25) is 13.9 Å². The number of allylic oxidation sites excluding steroid dienone is 1. The summed E-state index contributed by atoms with van der Waals surface area (Å²) in [4.78, 5) is 65.6. The van der Waals surface area contributed by atoms with E-state index in [0.717, 1.165) is 23.4 Å². The van der Waals surface area contributed by atoms with Crippen molar-refractivity contribution in [2.24, 2.45) is 4.99 Å². The van der Waals surface area contributed by atoms with E-state index in [2.05, 4.69) is 83.5 Å². The fourth-order valence-electron chi connectivity index (χ4n) is 9.61. The van der Waals surface area contributed by atoms with Gasteiger partial charge in [-0.05, 0) is 57.0 Å². The average molecular weight is 1090 g/mol. The molecule has 29 heteroatoms. The Balaban J connectivity index is 0.957. The van der Waals surface area contributed by atoms with Crippen LogP contribution >= 0.6 is 23.5 Å². The number of rotatable bonds is 16. The van der Waals surface area contributed by atoms with Gasteiger partial charge in [0.2, 0.25) is 11.3 Å². The number of hydrogen-bond donors (Lipinski definition) is 8. The van der Waals surface area contributed by atoms with Crippen molar-refractivity contribution in [2.45, 2.75) is 90.3 Å². The highest BCUT2D eigenvalue weighted by molar-refractivity contribution is 7.86. The standard InChI is InChI=1S/C44H53N8O17P3S/c1-7-51-32-16-35-30(14-28(32)25(2)19-43(51,3)4)49-31-15-29-27(23-73(62,63)64)20-44(5,6)52(33(29)17-36(31)66-35)13-9-11-38(54)46-12-8-10-26-21-50(42-40(26)41(45)47-24-48-42)39-18-34(53)37(67-39)22-65-71(58,59)69-72(60,61)68-70(55,56)57/h14-17,19-21,24,34,37,39,53H,7,9,11-13,18,22-23H2,1-6H3,(H7-,45,46,47,48,54,55,56,57,58,59,60,61,62,63,64)/p+1/t34-,37+,39+/m0/s1. The summed E-state index contributed by atoms with van der Waals surface area (Å²) in [7, 11) is -21.3. The maximum Gasteiger partial charge on any atom is 0.490 e. The normalized spacial score (nSPS) is 21.4. The van der Waals surface area contributed by atoms with Crippen LogP contribution in [0.2, 0.25) is 0 Å². The highest BCUT2D eigenvalue weighted by Gasteiger charge is 2.44. The molecule has 9 N–H and O–H groups in total. The molecule has 0 spiro atoms. The van der Waals surface area contributed by atoms with Gasteiger partial charge in [0.15, 0.2) is 17.0 Å². The van der Waals surface area contributed by atoms with Crippen LogP contribution in [0.15, 0.2) is 53.9 Å². The molecule has 1 saturated heterocycles. The van der Waals surface area contributed by atoms with Gasteiger partial charge in [0.1, 0.15) is 53.5 Å². The molecule has 2 aromatic heterocycles. The molecular weight excluding hydrogens is 1040 g/mol. The molecule has 25 nitrogen and oxygen atoms in total. The van der Waals surface area contributed by atoms with E-state index in [0.29, 0.717) is 63.0 Å². The Bertz CT molecular complexity index is 3470. The molecule has 6 heterocycles. The fraction of sp³-hybridized carbons (Fsp3) is 0.432. The lowest BCUT2D eigenvalue weighted by Gasteiger charge is -2.43. The van der Waals surface area contributed by atoms with Crippen LogP contribution in [-0.4, -0.2) is 113 Å². The van der Waals surface area contributed by atoms with E-state index in [1.165, 1.54) is 17.1 Å². The third-order valence-corrected chi connectivity index (χ3v) is 16.9. The van der Waals surface area contributed by atoms with Gasteiger partial charge < -0.3 is 54.7 Å². The number of anilines is 2. The molecule has 2 aromatic carbocycles. The highest BCUT2D eigenvalue weighted by Crippen LogP contribution is 2.66. The predicted molar refractivity (Wildman–Crippen MR) is 264 cm³/mol. The summed E-state index contributed by atoms with van der Waals surface area (Å²) in [5, 5.41) is 15.0. The lowest BCUT2D eigenvalue weighted by molar-refractivity contribution is -0.120. The lowest BCUT2D eigenvalue weighted by Crippen LogP contribution is -2.50. The Kier molecular flexibility index (Phi) is 14.7. The third-order valence-electron chi connectivity index (χ3n) is 12.5. The molecule has 1 amide bonds. The molecule has 1 fully saturated rings. The summed E-state index contributed by atoms with van der Waals surface area (Å²) < 4.78 is 97.6. The van der Waals surface area contributed by atoms with Gasteiger partial charge in [0.25, 0.3) is 10.1 Å². The molecule has 0 aliphatic carbocycles. The van der Waals surface area contributed by atoms with Gasteiger partial charge in [0.05, 0.1) is 47.4 Å². The fourth-order valence-corrected chi connectivity index (χ4v) is 13.3. The maximum atomic E-state index is 13.2. The molecule has 5 atom stereocenters. The second-order valence-electron chi connectivity index (χ2n) is 18.7. The van der Waals surface area contributed by atoms with Gasteiger partial charge >= 0.3 is 23.5 Å². The Hall–Kier alpha value is -5.19. The summed E-state index contributed by atoms with van der Waals surface area (Å²) in [5.41, 5.74) is 10.5. The second-order valence-corrected chi connectivity index (χ2v) is 24.6. The number of phosphoric ester groups is 1. The molecule has 2 unspecified atom stereocenters. The second kappa shape index (κ2) is 19.8. The van der Waals surface area contributed by atoms with Gasteiger partial charge in [-0.1, -0.05) is 17.9 Å². The quantitative estimate of drug-likeness (QED) is 0.0303. The van der Waals surface area contributed by atoms with Crippen molar-refractivity contribution < 1.29 is 78.8 Å². The van der Waals surface area contributed by atoms with Crippen LogP contribution in [0, 0.1) is 11.8 Å². The number of hydrogen-bond acceptors (Lipinski definition) is 17. The average Bonchev–Trinajstić information content (AvgIpc) is 3.81. The summed E-state index contributed by atoms with van der Waals surface area (Å²) in [5.74, 6) is 5.98.